The zero-order valence-corrected chi connectivity index (χ0v) is 12.8. The average molecular weight is 307 g/mol. The molecule has 0 unspecified atom stereocenters. The highest BCUT2D eigenvalue weighted by molar-refractivity contribution is 5.85. The number of halogens is 2. The van der Waals surface area contributed by atoms with Crippen LogP contribution in [0.3, 0.4) is 0 Å². The number of piperidine rings is 1. The van der Waals surface area contributed by atoms with Crippen molar-refractivity contribution in [3.8, 4) is 0 Å². The molecule has 0 atom stereocenters. The predicted octanol–water partition coefficient (Wildman–Crippen LogP) is 2.68. The second-order valence-corrected chi connectivity index (χ2v) is 4.85. The van der Waals surface area contributed by atoms with Crippen LogP contribution in [0.2, 0.25) is 0 Å². The Labute approximate surface area is 128 Å². The fourth-order valence-corrected chi connectivity index (χ4v) is 2.54. The second kappa shape index (κ2) is 10.5. The van der Waals surface area contributed by atoms with Crippen molar-refractivity contribution in [2.24, 2.45) is 11.8 Å². The fraction of sp³-hybridized carbons (Fsp3) is 0.571. The normalized spacial score (nSPS) is 16.5. The van der Waals surface area contributed by atoms with Gasteiger partial charge in [0.2, 0.25) is 0 Å². The molecule has 0 aliphatic carbocycles. The van der Waals surface area contributed by atoms with E-state index in [0.717, 1.165) is 12.5 Å². The molecule has 0 spiro atoms. The maximum Gasteiger partial charge on any atom is 0.0806 e. The molecule has 19 heavy (non-hydrogen) atoms. The molecule has 2 N–H and O–H groups in total. The lowest BCUT2D eigenvalue weighted by Crippen LogP contribution is -2.36. The molecule has 2 rings (SSSR count). The van der Waals surface area contributed by atoms with Crippen LogP contribution in [0.15, 0.2) is 30.3 Å². The molecule has 3 nitrogen and oxygen atoms in total. The summed E-state index contributed by atoms with van der Waals surface area (Å²) in [6, 6.07) is 10.8. The highest BCUT2D eigenvalue weighted by Crippen LogP contribution is 2.21. The fourth-order valence-electron chi connectivity index (χ4n) is 2.54. The molecule has 0 bridgehead atoms. The molecule has 1 aromatic carbocycles. The Kier molecular flexibility index (Phi) is 10.3. The third-order valence-corrected chi connectivity index (χ3v) is 3.60. The van der Waals surface area contributed by atoms with Gasteiger partial charge in [0.1, 0.15) is 0 Å². The van der Waals surface area contributed by atoms with Crippen molar-refractivity contribution in [2.75, 3.05) is 26.2 Å². The first kappa shape index (κ1) is 18.7. The van der Waals surface area contributed by atoms with Crippen LogP contribution in [0.4, 0.5) is 0 Å². The molecular formula is C14H24Cl2N2O. The summed E-state index contributed by atoms with van der Waals surface area (Å²) >= 11 is 0. The summed E-state index contributed by atoms with van der Waals surface area (Å²) in [5.41, 5.74) is 1.47. The standard InChI is InChI=1S/C14H22N2O.2ClH/c15-17-11-10-16-8-6-14(7-9-16)12-13-4-2-1-3-5-13;;/h1-5,14H,6-12,15H2;2*1H. The van der Waals surface area contributed by atoms with Gasteiger partial charge in [-0.05, 0) is 43.8 Å². The van der Waals surface area contributed by atoms with Crippen molar-refractivity contribution in [2.45, 2.75) is 19.3 Å². The first-order valence-corrected chi connectivity index (χ1v) is 6.46. The quantitative estimate of drug-likeness (QED) is 0.850. The van der Waals surface area contributed by atoms with E-state index in [9.17, 15) is 0 Å². The Hall–Kier alpha value is -0.320. The van der Waals surface area contributed by atoms with Crippen molar-refractivity contribution in [1.82, 2.24) is 4.90 Å². The average Bonchev–Trinajstić information content (AvgIpc) is 2.39. The van der Waals surface area contributed by atoms with Crippen molar-refractivity contribution >= 4 is 24.8 Å². The first-order valence-electron chi connectivity index (χ1n) is 6.46. The maximum absolute atomic E-state index is 5.05. The van der Waals surface area contributed by atoms with Gasteiger partial charge < -0.3 is 9.74 Å². The minimum Gasteiger partial charge on any atom is -0.303 e. The zero-order chi connectivity index (χ0) is 11.9. The van der Waals surface area contributed by atoms with E-state index in [1.807, 2.05) is 0 Å². The molecular weight excluding hydrogens is 283 g/mol. The largest absolute Gasteiger partial charge is 0.303 e. The summed E-state index contributed by atoms with van der Waals surface area (Å²) in [7, 11) is 0. The Bertz CT molecular complexity index is 316. The number of hydrogen-bond acceptors (Lipinski definition) is 3. The summed E-state index contributed by atoms with van der Waals surface area (Å²) in [6.45, 7) is 3.97. The summed E-state index contributed by atoms with van der Waals surface area (Å²) in [5, 5.41) is 0. The van der Waals surface area contributed by atoms with Gasteiger partial charge in [0.05, 0.1) is 6.61 Å². The second-order valence-electron chi connectivity index (χ2n) is 4.85. The lowest BCUT2D eigenvalue weighted by atomic mass is 9.90. The molecule has 1 heterocycles. The van der Waals surface area contributed by atoms with Crippen LogP contribution >= 0.6 is 24.8 Å². The van der Waals surface area contributed by atoms with Crippen molar-refractivity contribution in [3.63, 3.8) is 0 Å². The Balaban J connectivity index is 0.00000162. The maximum atomic E-state index is 5.05. The van der Waals surface area contributed by atoms with Gasteiger partial charge in [0.25, 0.3) is 0 Å². The van der Waals surface area contributed by atoms with Crippen LogP contribution in [-0.4, -0.2) is 31.1 Å². The van der Waals surface area contributed by atoms with E-state index in [1.54, 1.807) is 0 Å². The van der Waals surface area contributed by atoms with Crippen LogP contribution in [0, 0.1) is 5.92 Å². The molecule has 0 saturated carbocycles. The summed E-state index contributed by atoms with van der Waals surface area (Å²) in [5.74, 6) is 5.89. The van der Waals surface area contributed by atoms with Crippen molar-refractivity contribution in [3.05, 3.63) is 35.9 Å². The first-order chi connectivity index (χ1) is 8.38. The van der Waals surface area contributed by atoms with Crippen LogP contribution in [-0.2, 0) is 11.3 Å². The molecule has 0 amide bonds. The van der Waals surface area contributed by atoms with Gasteiger partial charge in [-0.1, -0.05) is 30.3 Å². The Morgan fingerprint density at radius 1 is 1.11 bits per heavy atom. The van der Waals surface area contributed by atoms with E-state index in [1.165, 1.54) is 37.9 Å². The van der Waals surface area contributed by atoms with Crippen LogP contribution < -0.4 is 5.90 Å². The number of hydrogen-bond donors (Lipinski definition) is 1. The third kappa shape index (κ3) is 6.59. The van der Waals surface area contributed by atoms with E-state index >= 15 is 0 Å². The van der Waals surface area contributed by atoms with Crippen molar-refractivity contribution < 1.29 is 4.84 Å². The number of rotatable bonds is 5. The molecule has 0 radical (unpaired) electrons. The molecule has 1 aliphatic rings. The summed E-state index contributed by atoms with van der Waals surface area (Å²) < 4.78 is 0. The minimum atomic E-state index is 0. The topological polar surface area (TPSA) is 38.5 Å². The van der Waals surface area contributed by atoms with Gasteiger partial charge in [-0.3, -0.25) is 0 Å². The van der Waals surface area contributed by atoms with Gasteiger partial charge in [-0.15, -0.1) is 24.8 Å². The van der Waals surface area contributed by atoms with E-state index in [0.29, 0.717) is 6.61 Å². The monoisotopic (exact) mass is 306 g/mol. The van der Waals surface area contributed by atoms with Crippen LogP contribution in [0.5, 0.6) is 0 Å². The van der Waals surface area contributed by atoms with E-state index < -0.39 is 0 Å². The molecule has 0 aromatic heterocycles. The lowest BCUT2D eigenvalue weighted by molar-refractivity contribution is 0.0894. The molecule has 5 heteroatoms. The van der Waals surface area contributed by atoms with E-state index in [-0.39, 0.29) is 24.8 Å². The smallest absolute Gasteiger partial charge is 0.0806 e. The molecule has 110 valence electrons. The van der Waals surface area contributed by atoms with Gasteiger partial charge in [-0.25, -0.2) is 5.90 Å². The Morgan fingerprint density at radius 2 is 1.74 bits per heavy atom. The predicted molar refractivity (Wildman–Crippen MR) is 83.9 cm³/mol. The zero-order valence-electron chi connectivity index (χ0n) is 11.2. The van der Waals surface area contributed by atoms with E-state index in [2.05, 4.69) is 40.1 Å². The molecule has 1 fully saturated rings. The molecule has 1 saturated heterocycles. The van der Waals surface area contributed by atoms with Gasteiger partial charge in [0.15, 0.2) is 0 Å². The molecule has 1 aromatic rings. The van der Waals surface area contributed by atoms with Crippen LogP contribution in [0.25, 0.3) is 0 Å². The number of nitrogens with zero attached hydrogens (tertiary/aromatic N) is 1. The number of benzene rings is 1. The molecule has 1 aliphatic heterocycles. The third-order valence-electron chi connectivity index (χ3n) is 3.60. The van der Waals surface area contributed by atoms with Gasteiger partial charge in [0, 0.05) is 6.54 Å². The van der Waals surface area contributed by atoms with Crippen molar-refractivity contribution in [1.29, 1.82) is 0 Å². The minimum absolute atomic E-state index is 0. The SMILES string of the molecule is Cl.Cl.NOCCN1CCC(Cc2ccccc2)CC1. The van der Waals surface area contributed by atoms with E-state index in [4.69, 9.17) is 5.90 Å². The van der Waals surface area contributed by atoms with Gasteiger partial charge >= 0.3 is 0 Å². The highest BCUT2D eigenvalue weighted by Gasteiger charge is 2.18. The van der Waals surface area contributed by atoms with Gasteiger partial charge in [-0.2, -0.15) is 0 Å². The highest BCUT2D eigenvalue weighted by atomic mass is 35.5. The lowest BCUT2D eigenvalue weighted by Gasteiger charge is -2.31. The summed E-state index contributed by atoms with van der Waals surface area (Å²) in [4.78, 5) is 7.06. The van der Waals surface area contributed by atoms with Crippen LogP contribution in [0.1, 0.15) is 18.4 Å². The number of likely N-dealkylation sites (tertiary alicyclic amines) is 1. The Morgan fingerprint density at radius 3 is 2.32 bits per heavy atom. The summed E-state index contributed by atoms with van der Waals surface area (Å²) in [6.07, 6.45) is 3.81. The number of nitrogens with two attached hydrogens (primary N) is 1.